The summed E-state index contributed by atoms with van der Waals surface area (Å²) in [5.74, 6) is 0. The smallest absolute Gasteiger partial charge is 0.0922 e. The van der Waals surface area contributed by atoms with Crippen molar-refractivity contribution in [2.45, 2.75) is 19.5 Å². The van der Waals surface area contributed by atoms with Crippen LogP contribution >= 0.6 is 0 Å². The quantitative estimate of drug-likeness (QED) is 0.828. The lowest BCUT2D eigenvalue weighted by Gasteiger charge is -2.37. The third-order valence-electron chi connectivity index (χ3n) is 3.23. The third-order valence-corrected chi connectivity index (χ3v) is 3.23. The Bertz CT molecular complexity index is 492. The van der Waals surface area contributed by atoms with Crippen LogP contribution in [-0.2, 0) is 6.54 Å². The number of fused-ring (bicyclic) bond motifs is 1. The fraction of sp³-hybridized carbons (Fsp3) is 0.308. The third kappa shape index (κ3) is 1.86. The first kappa shape index (κ1) is 10.2. The molecule has 0 fully saturated rings. The van der Waals surface area contributed by atoms with Gasteiger partial charge in [0, 0.05) is 18.8 Å². The molecule has 2 aromatic rings. The SMILES string of the molecule is CC1CNc2ccccc2N1Cc1cnc[nH]1. The molecule has 1 atom stereocenters. The number of hydrogen-bond donors (Lipinski definition) is 2. The van der Waals surface area contributed by atoms with Gasteiger partial charge in [-0.1, -0.05) is 12.1 Å². The predicted octanol–water partition coefficient (Wildman–Crippen LogP) is 2.23. The van der Waals surface area contributed by atoms with Gasteiger partial charge in [-0.15, -0.1) is 0 Å². The maximum atomic E-state index is 4.07. The van der Waals surface area contributed by atoms with Crippen LogP contribution in [0.5, 0.6) is 0 Å². The van der Waals surface area contributed by atoms with Gasteiger partial charge in [0.05, 0.1) is 29.9 Å². The van der Waals surface area contributed by atoms with Crippen molar-refractivity contribution in [3.63, 3.8) is 0 Å². The fourth-order valence-corrected chi connectivity index (χ4v) is 2.27. The zero-order valence-corrected chi connectivity index (χ0v) is 9.85. The number of nitrogens with zero attached hydrogens (tertiary/aromatic N) is 2. The summed E-state index contributed by atoms with van der Waals surface area (Å²) in [6, 6.07) is 8.91. The number of benzene rings is 1. The van der Waals surface area contributed by atoms with Gasteiger partial charge in [0.15, 0.2) is 0 Å². The van der Waals surface area contributed by atoms with E-state index in [4.69, 9.17) is 0 Å². The molecule has 0 aliphatic carbocycles. The van der Waals surface area contributed by atoms with E-state index in [2.05, 4.69) is 51.4 Å². The minimum Gasteiger partial charge on any atom is -0.381 e. The van der Waals surface area contributed by atoms with Crippen molar-refractivity contribution in [3.05, 3.63) is 42.5 Å². The second kappa shape index (κ2) is 4.13. The molecule has 2 N–H and O–H groups in total. The Hall–Kier alpha value is -1.97. The summed E-state index contributed by atoms with van der Waals surface area (Å²) >= 11 is 0. The van der Waals surface area contributed by atoms with E-state index in [0.717, 1.165) is 18.8 Å². The number of imidazole rings is 1. The van der Waals surface area contributed by atoms with Gasteiger partial charge in [-0.05, 0) is 19.1 Å². The molecule has 0 saturated carbocycles. The monoisotopic (exact) mass is 228 g/mol. The molecule has 0 bridgehead atoms. The van der Waals surface area contributed by atoms with Crippen molar-refractivity contribution in [1.82, 2.24) is 9.97 Å². The molecule has 88 valence electrons. The van der Waals surface area contributed by atoms with Crippen LogP contribution in [0.3, 0.4) is 0 Å². The van der Waals surface area contributed by atoms with Crippen LogP contribution in [0.4, 0.5) is 11.4 Å². The first-order chi connectivity index (χ1) is 8.34. The Labute approximate surface area is 101 Å². The Kier molecular flexibility index (Phi) is 2.48. The van der Waals surface area contributed by atoms with Crippen molar-refractivity contribution in [1.29, 1.82) is 0 Å². The number of para-hydroxylation sites is 2. The predicted molar refractivity (Wildman–Crippen MR) is 69.2 cm³/mol. The van der Waals surface area contributed by atoms with Gasteiger partial charge < -0.3 is 15.2 Å². The summed E-state index contributed by atoms with van der Waals surface area (Å²) in [7, 11) is 0. The van der Waals surface area contributed by atoms with Crippen LogP contribution < -0.4 is 10.2 Å². The maximum Gasteiger partial charge on any atom is 0.0922 e. The van der Waals surface area contributed by atoms with Gasteiger partial charge in [-0.3, -0.25) is 0 Å². The van der Waals surface area contributed by atoms with Gasteiger partial charge in [-0.2, -0.15) is 0 Å². The second-order valence-corrected chi connectivity index (χ2v) is 4.45. The highest BCUT2D eigenvalue weighted by molar-refractivity contribution is 5.72. The Morgan fingerprint density at radius 3 is 3.12 bits per heavy atom. The molecule has 4 nitrogen and oxygen atoms in total. The van der Waals surface area contributed by atoms with E-state index in [1.807, 2.05) is 6.20 Å². The molecular weight excluding hydrogens is 212 g/mol. The molecule has 1 aromatic carbocycles. The average Bonchev–Trinajstić information content (AvgIpc) is 2.86. The van der Waals surface area contributed by atoms with Crippen LogP contribution in [0.15, 0.2) is 36.8 Å². The standard InChI is InChI=1S/C13H16N4/c1-10-6-15-12-4-2-3-5-13(12)17(10)8-11-7-14-9-16-11/h2-5,7,9-10,15H,6,8H2,1H3,(H,14,16). The molecular formula is C13H16N4. The Balaban J connectivity index is 1.92. The largest absolute Gasteiger partial charge is 0.381 e. The van der Waals surface area contributed by atoms with Crippen molar-refractivity contribution in [2.75, 3.05) is 16.8 Å². The molecule has 0 radical (unpaired) electrons. The molecule has 1 aromatic heterocycles. The first-order valence-corrected chi connectivity index (χ1v) is 5.91. The number of H-pyrrole nitrogens is 1. The van der Waals surface area contributed by atoms with Crippen LogP contribution in [-0.4, -0.2) is 22.6 Å². The molecule has 1 aliphatic heterocycles. The molecule has 4 heteroatoms. The summed E-state index contributed by atoms with van der Waals surface area (Å²) in [5.41, 5.74) is 3.62. The van der Waals surface area contributed by atoms with Crippen molar-refractivity contribution >= 4 is 11.4 Å². The zero-order chi connectivity index (χ0) is 11.7. The summed E-state index contributed by atoms with van der Waals surface area (Å²) in [6.45, 7) is 4.09. The normalized spacial score (nSPS) is 18.6. The summed E-state index contributed by atoms with van der Waals surface area (Å²) in [5, 5.41) is 3.45. The average molecular weight is 228 g/mol. The summed E-state index contributed by atoms with van der Waals surface area (Å²) < 4.78 is 0. The Morgan fingerprint density at radius 1 is 1.41 bits per heavy atom. The van der Waals surface area contributed by atoms with Gasteiger partial charge in [0.2, 0.25) is 0 Å². The minimum absolute atomic E-state index is 0.480. The number of aromatic amines is 1. The molecule has 0 spiro atoms. The fourth-order valence-electron chi connectivity index (χ4n) is 2.27. The summed E-state index contributed by atoms with van der Waals surface area (Å²) in [4.78, 5) is 9.64. The lowest BCUT2D eigenvalue weighted by Crippen LogP contribution is -2.41. The molecule has 2 heterocycles. The molecule has 0 saturated heterocycles. The number of aromatic nitrogens is 2. The number of anilines is 2. The number of nitrogens with one attached hydrogen (secondary N) is 2. The zero-order valence-electron chi connectivity index (χ0n) is 9.85. The molecule has 1 unspecified atom stereocenters. The topological polar surface area (TPSA) is 44.0 Å². The van der Waals surface area contributed by atoms with Crippen LogP contribution in [0.25, 0.3) is 0 Å². The molecule has 0 amide bonds. The van der Waals surface area contributed by atoms with Crippen molar-refractivity contribution < 1.29 is 0 Å². The molecule has 17 heavy (non-hydrogen) atoms. The van der Waals surface area contributed by atoms with Gasteiger partial charge in [0.25, 0.3) is 0 Å². The second-order valence-electron chi connectivity index (χ2n) is 4.45. The number of rotatable bonds is 2. The lowest BCUT2D eigenvalue weighted by molar-refractivity contribution is 0.636. The van der Waals surface area contributed by atoms with E-state index < -0.39 is 0 Å². The number of hydrogen-bond acceptors (Lipinski definition) is 3. The molecule has 3 rings (SSSR count). The minimum atomic E-state index is 0.480. The van der Waals surface area contributed by atoms with E-state index in [0.29, 0.717) is 6.04 Å². The van der Waals surface area contributed by atoms with Gasteiger partial charge in [-0.25, -0.2) is 4.98 Å². The van der Waals surface area contributed by atoms with Crippen molar-refractivity contribution in [3.8, 4) is 0 Å². The van der Waals surface area contributed by atoms with Crippen molar-refractivity contribution in [2.24, 2.45) is 0 Å². The summed E-state index contributed by atoms with van der Waals surface area (Å²) in [6.07, 6.45) is 3.62. The van der Waals surface area contributed by atoms with Crippen LogP contribution in [0.2, 0.25) is 0 Å². The van der Waals surface area contributed by atoms with Crippen LogP contribution in [0.1, 0.15) is 12.6 Å². The highest BCUT2D eigenvalue weighted by Crippen LogP contribution is 2.31. The van der Waals surface area contributed by atoms with E-state index in [-0.39, 0.29) is 0 Å². The van der Waals surface area contributed by atoms with E-state index >= 15 is 0 Å². The highest BCUT2D eigenvalue weighted by Gasteiger charge is 2.22. The maximum absolute atomic E-state index is 4.07. The van der Waals surface area contributed by atoms with Gasteiger partial charge >= 0.3 is 0 Å². The Morgan fingerprint density at radius 2 is 2.29 bits per heavy atom. The van der Waals surface area contributed by atoms with E-state index in [9.17, 15) is 0 Å². The van der Waals surface area contributed by atoms with Gasteiger partial charge in [0.1, 0.15) is 0 Å². The molecule has 1 aliphatic rings. The lowest BCUT2D eigenvalue weighted by atomic mass is 10.1. The first-order valence-electron chi connectivity index (χ1n) is 5.91. The highest BCUT2D eigenvalue weighted by atomic mass is 15.2. The van der Waals surface area contributed by atoms with E-state index in [1.54, 1.807) is 6.33 Å². The van der Waals surface area contributed by atoms with Crippen LogP contribution in [0, 0.1) is 0 Å². The van der Waals surface area contributed by atoms with E-state index in [1.165, 1.54) is 11.4 Å².